The maximum absolute atomic E-state index is 2.59. The summed E-state index contributed by atoms with van der Waals surface area (Å²) in [6.07, 6.45) is 14.3. The summed E-state index contributed by atoms with van der Waals surface area (Å²) in [5.74, 6) is 0. The molecule has 0 spiro atoms. The Morgan fingerprint density at radius 3 is 2.25 bits per heavy atom. The molecule has 0 nitrogen and oxygen atoms in total. The van der Waals surface area contributed by atoms with E-state index >= 15 is 0 Å². The third-order valence-corrected chi connectivity index (χ3v) is 11.1. The van der Waals surface area contributed by atoms with Crippen LogP contribution in [0.3, 0.4) is 0 Å². The van der Waals surface area contributed by atoms with E-state index in [0.717, 1.165) is 12.8 Å². The first-order valence-corrected chi connectivity index (χ1v) is 14.6. The van der Waals surface area contributed by atoms with Gasteiger partial charge in [-0.25, -0.2) is 0 Å². The van der Waals surface area contributed by atoms with Crippen molar-refractivity contribution in [2.24, 2.45) is 10.8 Å². The molecular formula is C31H39Zr. The molecule has 0 aromatic heterocycles. The molecule has 0 bridgehead atoms. The average molecular weight is 503 g/mol. The molecule has 1 aromatic rings. The summed E-state index contributed by atoms with van der Waals surface area (Å²) >= 11 is -0.851. The van der Waals surface area contributed by atoms with Crippen molar-refractivity contribution in [3.05, 3.63) is 78.5 Å². The SMILES string of the molecule is CCC1(C(C)(C)C)C(C2=CC=CC2)=CC2=c3ccc(C(C)(C)C)cc3=CC2=[C]1[Zr]=[C](C)C. The van der Waals surface area contributed by atoms with Gasteiger partial charge in [0.25, 0.3) is 0 Å². The Hall–Kier alpha value is -1.33. The fraction of sp³-hybridized carbons (Fsp3) is 0.452. The third kappa shape index (κ3) is 3.74. The molecule has 32 heavy (non-hydrogen) atoms. The van der Waals surface area contributed by atoms with Crippen LogP contribution in [0.4, 0.5) is 0 Å². The Labute approximate surface area is 206 Å². The minimum absolute atomic E-state index is 0.110. The van der Waals surface area contributed by atoms with Crippen molar-refractivity contribution in [3.63, 3.8) is 0 Å². The van der Waals surface area contributed by atoms with Gasteiger partial charge < -0.3 is 0 Å². The number of allylic oxidation sites excluding steroid dienone is 8. The quantitative estimate of drug-likeness (QED) is 0.429. The standard InChI is InChI=1S/C28H33.C3H6.Zr/c1-8-28(27(5,6)7)18-21-15-20-16-22(26(2,3)4)13-14-23(20)24(21)17-25(28)19-11-9-10-12-19;1-3-2;/h9-11,13-17H,8,12H2,1-7H3;1-2H3;. The van der Waals surface area contributed by atoms with Crippen molar-refractivity contribution >= 4 is 14.9 Å². The molecule has 3 aliphatic carbocycles. The first-order valence-electron chi connectivity index (χ1n) is 12.2. The second kappa shape index (κ2) is 8.16. The molecule has 1 aromatic carbocycles. The normalized spacial score (nSPS) is 22.2. The molecule has 3 aliphatic rings. The van der Waals surface area contributed by atoms with Gasteiger partial charge in [-0.05, 0) is 0 Å². The molecule has 0 N–H and O–H groups in total. The van der Waals surface area contributed by atoms with E-state index in [9.17, 15) is 0 Å². The van der Waals surface area contributed by atoms with Gasteiger partial charge in [-0.3, -0.25) is 0 Å². The summed E-state index contributed by atoms with van der Waals surface area (Å²) in [7, 11) is 0. The predicted molar refractivity (Wildman–Crippen MR) is 138 cm³/mol. The van der Waals surface area contributed by atoms with Crippen LogP contribution in [0.1, 0.15) is 80.7 Å². The van der Waals surface area contributed by atoms with E-state index in [1.807, 2.05) is 0 Å². The van der Waals surface area contributed by atoms with Gasteiger partial charge in [0.2, 0.25) is 0 Å². The van der Waals surface area contributed by atoms with Crippen LogP contribution >= 0.6 is 0 Å². The van der Waals surface area contributed by atoms with Crippen molar-refractivity contribution in [1.82, 2.24) is 0 Å². The van der Waals surface area contributed by atoms with E-state index in [1.165, 1.54) is 27.1 Å². The summed E-state index contributed by atoms with van der Waals surface area (Å²) in [5.41, 5.74) is 8.03. The van der Waals surface area contributed by atoms with Crippen LogP contribution in [-0.4, -0.2) is 3.21 Å². The van der Waals surface area contributed by atoms with Gasteiger partial charge in [0, 0.05) is 0 Å². The second-order valence-corrected chi connectivity index (χ2v) is 16.2. The van der Waals surface area contributed by atoms with Crippen molar-refractivity contribution in [1.29, 1.82) is 0 Å². The Balaban J connectivity index is 2.14. The van der Waals surface area contributed by atoms with Crippen LogP contribution in [-0.2, 0) is 28.2 Å². The first kappa shape index (κ1) is 23.8. The molecule has 1 atom stereocenters. The van der Waals surface area contributed by atoms with Gasteiger partial charge in [0.1, 0.15) is 0 Å². The van der Waals surface area contributed by atoms with Crippen LogP contribution < -0.4 is 10.4 Å². The van der Waals surface area contributed by atoms with Crippen LogP contribution in [0.2, 0.25) is 0 Å². The zero-order valence-electron chi connectivity index (χ0n) is 21.5. The molecule has 167 valence electrons. The summed E-state index contributed by atoms with van der Waals surface area (Å²) in [6.45, 7) is 21.5. The summed E-state index contributed by atoms with van der Waals surface area (Å²) < 4.78 is 3.46. The fourth-order valence-corrected chi connectivity index (χ4v) is 10.2. The van der Waals surface area contributed by atoms with Gasteiger partial charge >= 0.3 is 208 Å². The maximum atomic E-state index is 2.59. The van der Waals surface area contributed by atoms with E-state index in [0.29, 0.717) is 0 Å². The summed E-state index contributed by atoms with van der Waals surface area (Å²) in [6, 6.07) is 7.20. The number of benzene rings is 1. The topological polar surface area (TPSA) is 0 Å². The first-order chi connectivity index (χ1) is 14.9. The van der Waals surface area contributed by atoms with Crippen LogP contribution in [0.25, 0.3) is 11.6 Å². The van der Waals surface area contributed by atoms with Crippen LogP contribution in [0, 0.1) is 10.8 Å². The van der Waals surface area contributed by atoms with Gasteiger partial charge in [-0.2, -0.15) is 0 Å². The minimum atomic E-state index is -0.851. The molecule has 0 fully saturated rings. The fourth-order valence-electron chi connectivity index (χ4n) is 5.88. The molecule has 0 saturated carbocycles. The van der Waals surface area contributed by atoms with Gasteiger partial charge in [0.15, 0.2) is 0 Å². The number of hydrogen-bond acceptors (Lipinski definition) is 0. The summed E-state index contributed by atoms with van der Waals surface area (Å²) in [4.78, 5) is 0. The molecule has 1 unspecified atom stereocenters. The molecule has 0 radical (unpaired) electrons. The van der Waals surface area contributed by atoms with E-state index in [-0.39, 0.29) is 16.2 Å². The van der Waals surface area contributed by atoms with Crippen LogP contribution in [0.5, 0.6) is 0 Å². The van der Waals surface area contributed by atoms with E-state index in [2.05, 4.69) is 111 Å². The van der Waals surface area contributed by atoms with Gasteiger partial charge in [0.05, 0.1) is 0 Å². The number of rotatable bonds is 3. The third-order valence-electron chi connectivity index (χ3n) is 7.55. The van der Waals surface area contributed by atoms with Crippen molar-refractivity contribution in [2.45, 2.75) is 80.6 Å². The van der Waals surface area contributed by atoms with Crippen molar-refractivity contribution < 1.29 is 22.8 Å². The molecule has 1 heteroatoms. The number of hydrogen-bond donors (Lipinski definition) is 0. The number of fused-ring (bicyclic) bond motifs is 2. The second-order valence-electron chi connectivity index (χ2n) is 11.9. The van der Waals surface area contributed by atoms with Gasteiger partial charge in [-0.1, -0.05) is 0 Å². The molecule has 4 rings (SSSR count). The van der Waals surface area contributed by atoms with Crippen molar-refractivity contribution in [2.75, 3.05) is 0 Å². The van der Waals surface area contributed by atoms with E-state index in [1.54, 1.807) is 17.6 Å². The molecule has 0 aliphatic heterocycles. The Morgan fingerprint density at radius 2 is 1.72 bits per heavy atom. The Morgan fingerprint density at radius 1 is 1.00 bits per heavy atom. The monoisotopic (exact) mass is 501 g/mol. The van der Waals surface area contributed by atoms with Gasteiger partial charge in [-0.15, -0.1) is 0 Å². The average Bonchev–Trinajstić information content (AvgIpc) is 3.33. The van der Waals surface area contributed by atoms with E-state index in [4.69, 9.17) is 0 Å². The Kier molecular flexibility index (Phi) is 6.07. The molecule has 0 amide bonds. The zero-order chi connectivity index (χ0) is 23.5. The molecule has 0 heterocycles. The van der Waals surface area contributed by atoms with Crippen molar-refractivity contribution in [3.8, 4) is 0 Å². The van der Waals surface area contributed by atoms with Crippen LogP contribution in [0.15, 0.2) is 62.5 Å². The predicted octanol–water partition coefficient (Wildman–Crippen LogP) is 6.75. The molecule has 0 saturated heterocycles. The van der Waals surface area contributed by atoms with E-state index < -0.39 is 22.8 Å². The zero-order valence-corrected chi connectivity index (χ0v) is 24.0. The molecular weight excluding hydrogens is 464 g/mol. The summed E-state index contributed by atoms with van der Waals surface area (Å²) in [5, 5.41) is 2.85. The Bertz CT molecular complexity index is 1240.